The first-order valence-corrected chi connectivity index (χ1v) is 5.84. The van der Waals surface area contributed by atoms with E-state index in [0.717, 1.165) is 23.9 Å². The molecule has 0 aliphatic carbocycles. The predicted octanol–water partition coefficient (Wildman–Crippen LogP) is 3.04. The van der Waals surface area contributed by atoms with Crippen LogP contribution in [0.3, 0.4) is 0 Å². The van der Waals surface area contributed by atoms with Gasteiger partial charge in [-0.25, -0.2) is 4.39 Å². The summed E-state index contributed by atoms with van der Waals surface area (Å²) in [5, 5.41) is 0.995. The highest BCUT2D eigenvalue weighted by Gasteiger charge is 2.03. The lowest BCUT2D eigenvalue weighted by Crippen LogP contribution is -2.19. The van der Waals surface area contributed by atoms with E-state index < -0.39 is 0 Å². The zero-order valence-electron chi connectivity index (χ0n) is 8.34. The van der Waals surface area contributed by atoms with Crippen LogP contribution in [0.15, 0.2) is 24.3 Å². The number of benzene rings is 1. The molecule has 0 radical (unpaired) electrons. The Balaban J connectivity index is 2.47. The maximum absolute atomic E-state index is 13.2. The van der Waals surface area contributed by atoms with Gasteiger partial charge in [0.25, 0.3) is 0 Å². The van der Waals surface area contributed by atoms with Crippen LogP contribution >= 0.6 is 15.9 Å². The van der Waals surface area contributed by atoms with Gasteiger partial charge in [-0.05, 0) is 26.1 Å². The first-order chi connectivity index (χ1) is 6.74. The second-order valence-corrected chi connectivity index (χ2v) is 4.16. The van der Waals surface area contributed by atoms with Crippen molar-refractivity contribution in [2.45, 2.75) is 13.0 Å². The van der Waals surface area contributed by atoms with Gasteiger partial charge in [-0.3, -0.25) is 0 Å². The Kier molecular flexibility index (Phi) is 5.12. The Morgan fingerprint density at radius 2 is 2.07 bits per heavy atom. The fourth-order valence-corrected chi connectivity index (χ4v) is 1.58. The highest BCUT2D eigenvalue weighted by Crippen LogP contribution is 2.08. The van der Waals surface area contributed by atoms with Crippen molar-refractivity contribution in [1.82, 2.24) is 4.90 Å². The molecule has 0 atom stereocenters. The first-order valence-electron chi connectivity index (χ1n) is 4.72. The van der Waals surface area contributed by atoms with E-state index in [9.17, 15) is 4.39 Å². The largest absolute Gasteiger partial charge is 0.302 e. The number of rotatable bonds is 5. The normalized spacial score (nSPS) is 10.9. The monoisotopic (exact) mass is 259 g/mol. The molecular formula is C11H15BrFN. The van der Waals surface area contributed by atoms with E-state index in [1.807, 2.05) is 19.2 Å². The van der Waals surface area contributed by atoms with E-state index in [1.165, 1.54) is 6.07 Å². The minimum atomic E-state index is -0.113. The van der Waals surface area contributed by atoms with Gasteiger partial charge in [-0.2, -0.15) is 0 Å². The Morgan fingerprint density at radius 1 is 1.36 bits per heavy atom. The van der Waals surface area contributed by atoms with Crippen molar-refractivity contribution >= 4 is 15.9 Å². The van der Waals surface area contributed by atoms with Crippen molar-refractivity contribution in [2.75, 3.05) is 18.9 Å². The average molecular weight is 260 g/mol. The average Bonchev–Trinajstić information content (AvgIpc) is 2.18. The molecule has 0 aliphatic heterocycles. The van der Waals surface area contributed by atoms with Gasteiger partial charge in [0.1, 0.15) is 5.82 Å². The molecule has 0 spiro atoms. The zero-order valence-corrected chi connectivity index (χ0v) is 9.93. The zero-order chi connectivity index (χ0) is 10.4. The molecule has 0 unspecified atom stereocenters. The second-order valence-electron chi connectivity index (χ2n) is 3.37. The van der Waals surface area contributed by atoms with Gasteiger partial charge in [0, 0.05) is 17.4 Å². The number of nitrogens with zero attached hydrogens (tertiary/aromatic N) is 1. The Hall–Kier alpha value is -0.410. The van der Waals surface area contributed by atoms with Crippen molar-refractivity contribution in [3.05, 3.63) is 35.6 Å². The maximum atomic E-state index is 13.2. The van der Waals surface area contributed by atoms with Crippen LogP contribution in [-0.4, -0.2) is 23.8 Å². The summed E-state index contributed by atoms with van der Waals surface area (Å²) in [5.41, 5.74) is 0.768. The fourth-order valence-electron chi connectivity index (χ4n) is 1.33. The van der Waals surface area contributed by atoms with Crippen LogP contribution in [0, 0.1) is 5.82 Å². The molecule has 1 rings (SSSR count). The van der Waals surface area contributed by atoms with E-state index >= 15 is 0 Å². The fraction of sp³-hybridized carbons (Fsp3) is 0.455. The molecule has 78 valence electrons. The summed E-state index contributed by atoms with van der Waals surface area (Å²) in [6, 6.07) is 6.93. The van der Waals surface area contributed by atoms with Crippen LogP contribution in [0.5, 0.6) is 0 Å². The minimum absolute atomic E-state index is 0.113. The van der Waals surface area contributed by atoms with Crippen molar-refractivity contribution in [2.24, 2.45) is 0 Å². The summed E-state index contributed by atoms with van der Waals surface area (Å²) in [5.74, 6) is -0.113. The molecular weight excluding hydrogens is 245 g/mol. The third-order valence-corrected chi connectivity index (χ3v) is 2.63. The number of hydrogen-bond acceptors (Lipinski definition) is 1. The van der Waals surface area contributed by atoms with Gasteiger partial charge in [-0.15, -0.1) is 0 Å². The molecule has 1 nitrogen and oxygen atoms in total. The molecule has 0 aliphatic rings. The quantitative estimate of drug-likeness (QED) is 0.735. The second kappa shape index (κ2) is 6.14. The van der Waals surface area contributed by atoms with Gasteiger partial charge in [0.2, 0.25) is 0 Å². The summed E-state index contributed by atoms with van der Waals surface area (Å²) < 4.78 is 13.2. The van der Waals surface area contributed by atoms with Gasteiger partial charge in [-0.1, -0.05) is 34.1 Å². The van der Waals surface area contributed by atoms with Crippen LogP contribution < -0.4 is 0 Å². The molecule has 0 bridgehead atoms. The highest BCUT2D eigenvalue weighted by atomic mass is 79.9. The van der Waals surface area contributed by atoms with E-state index in [1.54, 1.807) is 6.07 Å². The smallest absolute Gasteiger partial charge is 0.127 e. The Morgan fingerprint density at radius 3 is 2.71 bits per heavy atom. The highest BCUT2D eigenvalue weighted by molar-refractivity contribution is 9.09. The van der Waals surface area contributed by atoms with Crippen LogP contribution in [0.2, 0.25) is 0 Å². The van der Waals surface area contributed by atoms with Crippen molar-refractivity contribution < 1.29 is 4.39 Å². The van der Waals surface area contributed by atoms with E-state index in [2.05, 4.69) is 20.8 Å². The lowest BCUT2D eigenvalue weighted by molar-refractivity contribution is 0.323. The molecule has 1 aromatic rings. The molecule has 1 aromatic carbocycles. The maximum Gasteiger partial charge on any atom is 0.127 e. The lowest BCUT2D eigenvalue weighted by atomic mass is 10.2. The van der Waals surface area contributed by atoms with Crippen LogP contribution in [0.4, 0.5) is 4.39 Å². The van der Waals surface area contributed by atoms with E-state index in [0.29, 0.717) is 6.54 Å². The van der Waals surface area contributed by atoms with Crippen LogP contribution in [-0.2, 0) is 6.54 Å². The molecule has 0 amide bonds. The summed E-state index contributed by atoms with van der Waals surface area (Å²) >= 11 is 3.38. The van der Waals surface area contributed by atoms with Crippen molar-refractivity contribution in [1.29, 1.82) is 0 Å². The molecule has 3 heteroatoms. The van der Waals surface area contributed by atoms with Crippen LogP contribution in [0.1, 0.15) is 12.0 Å². The summed E-state index contributed by atoms with van der Waals surface area (Å²) in [4.78, 5) is 2.12. The van der Waals surface area contributed by atoms with Gasteiger partial charge < -0.3 is 4.90 Å². The molecule has 0 saturated carbocycles. The third kappa shape index (κ3) is 3.76. The molecule has 0 aromatic heterocycles. The first kappa shape index (κ1) is 11.7. The third-order valence-electron chi connectivity index (χ3n) is 2.07. The molecule has 0 fully saturated rings. The standard InChI is InChI=1S/C11H15BrFN/c1-14(8-4-7-12)9-10-5-2-3-6-11(10)13/h2-3,5-6H,4,7-9H2,1H3. The molecule has 0 heterocycles. The Labute approximate surface area is 93.0 Å². The van der Waals surface area contributed by atoms with E-state index in [-0.39, 0.29) is 5.82 Å². The van der Waals surface area contributed by atoms with Crippen molar-refractivity contribution in [3.8, 4) is 0 Å². The number of halogens is 2. The summed E-state index contributed by atoms with van der Waals surface area (Å²) in [6.07, 6.45) is 1.09. The van der Waals surface area contributed by atoms with Crippen molar-refractivity contribution in [3.63, 3.8) is 0 Å². The summed E-state index contributed by atoms with van der Waals surface area (Å²) in [6.45, 7) is 1.67. The SMILES string of the molecule is CN(CCCBr)Cc1ccccc1F. The Bertz CT molecular complexity index is 278. The van der Waals surface area contributed by atoms with Gasteiger partial charge >= 0.3 is 0 Å². The number of hydrogen-bond donors (Lipinski definition) is 0. The van der Waals surface area contributed by atoms with Crippen LogP contribution in [0.25, 0.3) is 0 Å². The predicted molar refractivity (Wildman–Crippen MR) is 61.1 cm³/mol. The molecule has 0 saturated heterocycles. The van der Waals surface area contributed by atoms with Gasteiger partial charge in [0.15, 0.2) is 0 Å². The van der Waals surface area contributed by atoms with Gasteiger partial charge in [0.05, 0.1) is 0 Å². The molecule has 14 heavy (non-hydrogen) atoms. The lowest BCUT2D eigenvalue weighted by Gasteiger charge is -2.16. The summed E-state index contributed by atoms with van der Waals surface area (Å²) in [7, 11) is 2.01. The minimum Gasteiger partial charge on any atom is -0.302 e. The number of alkyl halides is 1. The topological polar surface area (TPSA) is 3.24 Å². The van der Waals surface area contributed by atoms with E-state index in [4.69, 9.17) is 0 Å². The molecule has 0 N–H and O–H groups in total.